The third-order valence-corrected chi connectivity index (χ3v) is 5.96. The lowest BCUT2D eigenvalue weighted by molar-refractivity contribution is -0.274. The van der Waals surface area contributed by atoms with Crippen LogP contribution in [0.4, 0.5) is 26.3 Å². The Bertz CT molecular complexity index is 1730. The van der Waals surface area contributed by atoms with E-state index in [9.17, 15) is 31.1 Å². The molecular formula is C25H18F6N6O2. The van der Waals surface area contributed by atoms with Crippen LogP contribution in [0.15, 0.2) is 65.7 Å². The first-order chi connectivity index (χ1) is 18.3. The third kappa shape index (κ3) is 5.09. The predicted octanol–water partition coefficient (Wildman–Crippen LogP) is 5.16. The van der Waals surface area contributed by atoms with Gasteiger partial charge in [-0.05, 0) is 17.7 Å². The highest BCUT2D eigenvalue weighted by Crippen LogP contribution is 2.33. The first-order valence-electron chi connectivity index (χ1n) is 11.3. The third-order valence-electron chi connectivity index (χ3n) is 5.96. The van der Waals surface area contributed by atoms with E-state index in [2.05, 4.69) is 19.7 Å². The molecule has 0 spiro atoms. The van der Waals surface area contributed by atoms with Crippen molar-refractivity contribution < 1.29 is 31.1 Å². The van der Waals surface area contributed by atoms with Gasteiger partial charge in [0.2, 0.25) is 0 Å². The van der Waals surface area contributed by atoms with Crippen molar-refractivity contribution in [3.8, 4) is 28.5 Å². The first kappa shape index (κ1) is 26.0. The van der Waals surface area contributed by atoms with Crippen LogP contribution in [0.1, 0.15) is 11.3 Å². The summed E-state index contributed by atoms with van der Waals surface area (Å²) in [6, 6.07) is 11.8. The topological polar surface area (TPSA) is 79.8 Å². The van der Waals surface area contributed by atoms with E-state index in [1.165, 1.54) is 52.2 Å². The summed E-state index contributed by atoms with van der Waals surface area (Å²) in [6.07, 6.45) is -7.27. The number of aromatic nitrogens is 6. The molecule has 3 aromatic heterocycles. The Morgan fingerprint density at radius 1 is 0.923 bits per heavy atom. The normalized spacial score (nSPS) is 12.3. The lowest BCUT2D eigenvalue weighted by Gasteiger charge is -2.12. The zero-order chi connectivity index (χ0) is 28.1. The molecule has 5 rings (SSSR count). The fourth-order valence-corrected chi connectivity index (χ4v) is 4.13. The number of benzene rings is 2. The van der Waals surface area contributed by atoms with E-state index in [1.54, 1.807) is 24.3 Å². The summed E-state index contributed by atoms with van der Waals surface area (Å²) in [7, 11) is 2.96. The lowest BCUT2D eigenvalue weighted by Crippen LogP contribution is -2.22. The van der Waals surface area contributed by atoms with Gasteiger partial charge in [0.05, 0.1) is 18.3 Å². The number of ether oxygens (including phenoxy) is 1. The van der Waals surface area contributed by atoms with E-state index < -0.39 is 29.7 Å². The van der Waals surface area contributed by atoms with Gasteiger partial charge in [0.15, 0.2) is 17.2 Å². The van der Waals surface area contributed by atoms with Gasteiger partial charge in [0, 0.05) is 25.9 Å². The Labute approximate surface area is 215 Å². The van der Waals surface area contributed by atoms with Gasteiger partial charge in [0.1, 0.15) is 17.1 Å². The number of imidazole rings is 2. The molecule has 3 heterocycles. The highest BCUT2D eigenvalue weighted by Gasteiger charge is 2.35. The van der Waals surface area contributed by atoms with Crippen LogP contribution in [0.3, 0.4) is 0 Å². The molecular weight excluding hydrogens is 530 g/mol. The van der Waals surface area contributed by atoms with Crippen molar-refractivity contribution in [1.82, 2.24) is 28.7 Å². The monoisotopic (exact) mass is 548 g/mol. The molecule has 2 aromatic carbocycles. The Morgan fingerprint density at radius 3 is 2.26 bits per heavy atom. The maximum Gasteiger partial charge on any atom is 0.573 e. The quantitative estimate of drug-likeness (QED) is 0.284. The van der Waals surface area contributed by atoms with Gasteiger partial charge < -0.3 is 9.30 Å². The molecule has 0 amide bonds. The number of fused-ring (bicyclic) bond motifs is 1. The summed E-state index contributed by atoms with van der Waals surface area (Å²) in [5.41, 5.74) is 0.118. The minimum Gasteiger partial charge on any atom is -0.405 e. The van der Waals surface area contributed by atoms with Gasteiger partial charge >= 0.3 is 18.2 Å². The predicted molar refractivity (Wildman–Crippen MR) is 128 cm³/mol. The van der Waals surface area contributed by atoms with Gasteiger partial charge in [0.25, 0.3) is 0 Å². The summed E-state index contributed by atoms with van der Waals surface area (Å²) in [5.74, 6) is -0.451. The molecule has 5 aromatic rings. The second-order valence-electron chi connectivity index (χ2n) is 8.63. The van der Waals surface area contributed by atoms with Crippen molar-refractivity contribution in [2.75, 3.05) is 0 Å². The van der Waals surface area contributed by atoms with Crippen LogP contribution in [0.2, 0.25) is 0 Å². The van der Waals surface area contributed by atoms with E-state index >= 15 is 0 Å². The van der Waals surface area contributed by atoms with Crippen LogP contribution in [0.5, 0.6) is 5.75 Å². The molecule has 0 atom stereocenters. The van der Waals surface area contributed by atoms with Crippen molar-refractivity contribution in [3.63, 3.8) is 0 Å². The number of hydrogen-bond acceptors (Lipinski definition) is 5. The average molecular weight is 548 g/mol. The van der Waals surface area contributed by atoms with Crippen LogP contribution in [0.25, 0.3) is 33.9 Å². The summed E-state index contributed by atoms with van der Waals surface area (Å²) in [6.45, 7) is 0.0297. The van der Waals surface area contributed by atoms with E-state index in [1.807, 2.05) is 0 Å². The molecule has 39 heavy (non-hydrogen) atoms. The number of nitrogens with zero attached hydrogens (tertiary/aromatic N) is 6. The molecule has 0 bridgehead atoms. The van der Waals surface area contributed by atoms with Crippen LogP contribution in [-0.2, 0) is 26.8 Å². The molecule has 0 N–H and O–H groups in total. The number of para-hydroxylation sites is 1. The fourth-order valence-electron chi connectivity index (χ4n) is 4.13. The van der Waals surface area contributed by atoms with Crippen molar-refractivity contribution in [1.29, 1.82) is 0 Å². The standard InChI is InChI=1S/C25H18F6N6O2/c1-35-13-19(24(26,27)28)33-21(35)15-9-7-14(8-10-15)12-37-22-17(36(2)23(37)38)11-32-20(34-22)16-5-3-4-6-18(16)39-25(29,30)31/h3-11,13H,12H2,1-2H3. The largest absolute Gasteiger partial charge is 0.573 e. The van der Waals surface area contributed by atoms with Crippen molar-refractivity contribution in [2.45, 2.75) is 19.1 Å². The summed E-state index contributed by atoms with van der Waals surface area (Å²) in [4.78, 5) is 25.2. The fraction of sp³-hybridized carbons (Fsp3) is 0.200. The lowest BCUT2D eigenvalue weighted by atomic mass is 10.1. The average Bonchev–Trinajstić information content (AvgIpc) is 3.37. The van der Waals surface area contributed by atoms with E-state index in [-0.39, 0.29) is 29.4 Å². The summed E-state index contributed by atoms with van der Waals surface area (Å²) in [5, 5.41) is 0. The van der Waals surface area contributed by atoms with Gasteiger partial charge in [-0.2, -0.15) is 13.2 Å². The molecule has 8 nitrogen and oxygen atoms in total. The maximum absolute atomic E-state index is 13.0. The Hall–Kier alpha value is -4.62. The highest BCUT2D eigenvalue weighted by molar-refractivity contribution is 5.75. The molecule has 0 aliphatic carbocycles. The zero-order valence-corrected chi connectivity index (χ0v) is 20.2. The summed E-state index contributed by atoms with van der Waals surface area (Å²) >= 11 is 0. The number of aryl methyl sites for hydroxylation is 2. The minimum absolute atomic E-state index is 0.0165. The van der Waals surface area contributed by atoms with Crippen LogP contribution < -0.4 is 10.4 Å². The van der Waals surface area contributed by atoms with Crippen molar-refractivity contribution in [3.05, 3.63) is 82.7 Å². The molecule has 0 unspecified atom stereocenters. The highest BCUT2D eigenvalue weighted by atomic mass is 19.4. The molecule has 0 aliphatic rings. The van der Waals surface area contributed by atoms with Crippen molar-refractivity contribution in [2.24, 2.45) is 14.1 Å². The van der Waals surface area contributed by atoms with Gasteiger partial charge in [-0.1, -0.05) is 36.4 Å². The number of halogens is 6. The maximum atomic E-state index is 13.0. The molecule has 0 saturated carbocycles. The number of rotatable bonds is 5. The Morgan fingerprint density at radius 2 is 1.62 bits per heavy atom. The molecule has 0 saturated heterocycles. The van der Waals surface area contributed by atoms with Crippen LogP contribution >= 0.6 is 0 Å². The van der Waals surface area contributed by atoms with Gasteiger partial charge in [-0.15, -0.1) is 13.2 Å². The van der Waals surface area contributed by atoms with Crippen LogP contribution in [-0.4, -0.2) is 35.0 Å². The number of alkyl halides is 6. The van der Waals surface area contributed by atoms with Crippen LogP contribution in [0, 0.1) is 0 Å². The van der Waals surface area contributed by atoms with Crippen molar-refractivity contribution >= 4 is 11.2 Å². The molecule has 0 radical (unpaired) electrons. The molecule has 0 aliphatic heterocycles. The minimum atomic E-state index is -4.93. The zero-order valence-electron chi connectivity index (χ0n) is 20.2. The summed E-state index contributed by atoms with van der Waals surface area (Å²) < 4.78 is 85.8. The van der Waals surface area contributed by atoms with E-state index in [4.69, 9.17) is 0 Å². The van der Waals surface area contributed by atoms with E-state index in [0.717, 1.165) is 12.3 Å². The first-order valence-corrected chi connectivity index (χ1v) is 11.3. The van der Waals surface area contributed by atoms with E-state index in [0.29, 0.717) is 16.6 Å². The Kier molecular flexibility index (Phi) is 6.19. The molecule has 202 valence electrons. The smallest absolute Gasteiger partial charge is 0.405 e. The second-order valence-corrected chi connectivity index (χ2v) is 8.63. The van der Waals surface area contributed by atoms with Gasteiger partial charge in [-0.25, -0.2) is 19.7 Å². The molecule has 14 heteroatoms. The van der Waals surface area contributed by atoms with Gasteiger partial charge in [-0.3, -0.25) is 9.13 Å². The number of hydrogen-bond donors (Lipinski definition) is 0. The second kappa shape index (κ2) is 9.29. The Balaban J connectivity index is 1.50. The SMILES string of the molecule is Cn1cc(C(F)(F)F)nc1-c1ccc(Cn2c(=O)n(C)c3cnc(-c4ccccc4OC(F)(F)F)nc32)cc1. The molecule has 0 fully saturated rings.